The van der Waals surface area contributed by atoms with Crippen molar-refractivity contribution in [3.05, 3.63) is 0 Å². The predicted octanol–water partition coefficient (Wildman–Crippen LogP) is -5.24. The predicted molar refractivity (Wildman–Crippen MR) is 386 cm³/mol. The summed E-state index contributed by atoms with van der Waals surface area (Å²) in [5.41, 5.74) is 0.208. The third kappa shape index (κ3) is 42.9. The zero-order chi connectivity index (χ0) is 81.1. The Bertz CT molecular complexity index is 2540. The van der Waals surface area contributed by atoms with Crippen LogP contribution in [0.15, 0.2) is 0 Å². The molecule has 3 aliphatic heterocycles. The first-order valence-electron chi connectivity index (χ1n) is 38.1. The number of unbranched alkanes of at least 4 members (excludes halogenated alkanes) is 5. The van der Waals surface area contributed by atoms with Crippen molar-refractivity contribution in [3.63, 3.8) is 0 Å². The minimum atomic E-state index is -1.46. The molecule has 1 unspecified atom stereocenters. The summed E-state index contributed by atoms with van der Waals surface area (Å²) in [7, 11) is 0. The number of nitrogens with one attached hydrogen (secondary N) is 7. The van der Waals surface area contributed by atoms with Crippen LogP contribution in [0.5, 0.6) is 0 Å². The summed E-state index contributed by atoms with van der Waals surface area (Å²) in [6, 6.07) is -4.30. The molecule has 640 valence electrons. The second kappa shape index (κ2) is 58.8. The Morgan fingerprint density at radius 3 is 1.03 bits per heavy atom. The maximum absolute atomic E-state index is 14.4. The molecule has 3 aliphatic rings. The zero-order valence-electron chi connectivity index (χ0n) is 64.8. The Kier molecular flexibility index (Phi) is 53.0. The molecule has 0 aromatic heterocycles. The van der Waals surface area contributed by atoms with Crippen LogP contribution in [0.2, 0.25) is 0 Å². The number of carbonyl (C=O) groups is 8. The van der Waals surface area contributed by atoms with Crippen LogP contribution in [-0.2, 0) is 109 Å². The van der Waals surface area contributed by atoms with E-state index in [0.717, 1.165) is 32.1 Å². The summed E-state index contributed by atoms with van der Waals surface area (Å²) in [5, 5.41) is 109. The van der Waals surface area contributed by atoms with E-state index in [1.54, 1.807) is 0 Å². The smallest absolute Gasteiger partial charge is 0.246 e. The first kappa shape index (κ1) is 99.2. The number of aliphatic hydroxyl groups is 9. The summed E-state index contributed by atoms with van der Waals surface area (Å²) < 4.78 is 83.2. The molecule has 0 radical (unpaired) electrons. The van der Waals surface area contributed by atoms with Crippen molar-refractivity contribution in [2.75, 3.05) is 178 Å². The quantitative estimate of drug-likeness (QED) is 0.0253. The van der Waals surface area contributed by atoms with Gasteiger partial charge in [-0.2, -0.15) is 0 Å². The van der Waals surface area contributed by atoms with Crippen LogP contribution in [-0.4, -0.2) is 369 Å². The fourth-order valence-corrected chi connectivity index (χ4v) is 11.6. The van der Waals surface area contributed by atoms with Crippen molar-refractivity contribution in [3.8, 4) is 0 Å². The van der Waals surface area contributed by atoms with Gasteiger partial charge in [-0.15, -0.1) is 0 Å². The zero-order valence-corrected chi connectivity index (χ0v) is 64.8. The topological polar surface area (TPSA) is 541 Å². The second-order valence-corrected chi connectivity index (χ2v) is 27.9. The summed E-state index contributed by atoms with van der Waals surface area (Å²) in [5.74, 6) is -4.30. The fourth-order valence-electron chi connectivity index (χ4n) is 11.6. The highest BCUT2D eigenvalue weighted by atomic mass is 16.7. The highest BCUT2D eigenvalue weighted by Crippen LogP contribution is 2.26. The van der Waals surface area contributed by atoms with Crippen LogP contribution >= 0.6 is 0 Å². The number of carbonyl (C=O) groups excluding carboxylic acids is 8. The van der Waals surface area contributed by atoms with Crippen molar-refractivity contribution in [2.45, 2.75) is 217 Å². The molecule has 17 atom stereocenters. The van der Waals surface area contributed by atoms with Gasteiger partial charge in [-0.3, -0.25) is 38.4 Å². The molecule has 0 aromatic carbocycles. The number of ketones is 1. The molecule has 0 aromatic rings. The fraction of sp³-hybridized carbons (Fsp3) is 0.887. The Balaban J connectivity index is 1.48. The van der Waals surface area contributed by atoms with Gasteiger partial charge in [0, 0.05) is 52.7 Å². The van der Waals surface area contributed by atoms with Gasteiger partial charge in [0.15, 0.2) is 24.7 Å². The summed E-state index contributed by atoms with van der Waals surface area (Å²) in [6.45, 7) is 10.2. The van der Waals surface area contributed by atoms with Gasteiger partial charge in [0.05, 0.1) is 145 Å². The number of hydrogen-bond donors (Lipinski definition) is 16. The largest absolute Gasteiger partial charge is 0.394 e. The van der Waals surface area contributed by atoms with Crippen molar-refractivity contribution in [1.82, 2.24) is 37.2 Å². The summed E-state index contributed by atoms with van der Waals surface area (Å²) in [4.78, 5) is 102. The lowest BCUT2D eigenvalue weighted by Crippen LogP contribution is -2.64. The van der Waals surface area contributed by atoms with Gasteiger partial charge in [-0.05, 0) is 50.4 Å². The van der Waals surface area contributed by atoms with Crippen LogP contribution in [0.1, 0.15) is 119 Å². The van der Waals surface area contributed by atoms with Gasteiger partial charge in [-0.1, -0.05) is 46.5 Å². The summed E-state index contributed by atoms with van der Waals surface area (Å²) >= 11 is 0. The highest BCUT2D eigenvalue weighted by molar-refractivity contribution is 5.92. The monoisotopic (exact) mass is 1590 g/mol. The number of aliphatic hydroxyl groups excluding tert-OH is 9. The standard InChI is InChI=1S/C71H129N7O32/c1-46(82)75-58-64(92)61(89)52(40-79)108-68(58)105-36-33-99-24-21-96-27-30-102-43-55(86)72-18-13-9-15-49(67(95)74-20-12-8-7-11-17-71(4,5)6)39-51(85)50(78-57(88)45-104-32-29-98-23-26-101-35-38-107-70-60(77-48(3)84)66(94)63(91)54(42-81)110-70)16-10-14-19-73-56(87)44-103-31-28-97-22-25-100-34-37-106-69-59(76-47(2)83)65(93)62(90)53(41-80)109-69/h49-50,52-54,58-66,68-70,79-81,89-94H,7-45H2,1-6H3,(H,72,86)(H,73,87)(H,74,95)(H,75,82)(H,76,83)(H,77,84)(H,78,88)/t49?,50-,52+,53+,54+,58+,59+,60+,61-,62-,63-,64+,65+,66+,68+,69+,70+/m0/s1. The molecule has 39 heteroatoms. The maximum Gasteiger partial charge on any atom is 0.246 e. The Morgan fingerprint density at radius 2 is 0.682 bits per heavy atom. The number of hydrogen-bond acceptors (Lipinski definition) is 32. The lowest BCUT2D eigenvalue weighted by Gasteiger charge is -2.42. The van der Waals surface area contributed by atoms with E-state index >= 15 is 0 Å². The highest BCUT2D eigenvalue weighted by Gasteiger charge is 2.48. The SMILES string of the molecule is CC(=O)N[C@H]1[C@H](OCCOCCOCCOCC(=O)NCCCCC(CC(=O)[C@H](CCCCNC(=O)COCCOCCOCCO[C@@H]2O[C@H](CO)[C@H](O)[C@H](O)[C@H]2NC(C)=O)NC(=O)COCCOCCOCCO[C@@H]2O[C@H](CO)[C@H](O)[C@H](O)[C@H]2NC(C)=O)C(=O)NCCCCCCC(C)(C)C)O[C@H](CO)[C@H](O)[C@@H]1O. The first-order valence-corrected chi connectivity index (χ1v) is 38.1. The summed E-state index contributed by atoms with van der Waals surface area (Å²) in [6.07, 6.45) is -8.83. The molecule has 0 bridgehead atoms. The molecule has 110 heavy (non-hydrogen) atoms. The van der Waals surface area contributed by atoms with E-state index in [4.69, 9.17) is 71.1 Å². The number of rotatable bonds is 63. The average molecular weight is 1590 g/mol. The van der Waals surface area contributed by atoms with Crippen LogP contribution < -0.4 is 37.2 Å². The van der Waals surface area contributed by atoms with E-state index < -0.39 is 160 Å². The van der Waals surface area contributed by atoms with E-state index in [1.807, 2.05) is 0 Å². The van der Waals surface area contributed by atoms with E-state index in [1.165, 1.54) is 20.8 Å². The molecule has 3 heterocycles. The van der Waals surface area contributed by atoms with Crippen molar-refractivity contribution < 1.29 is 155 Å². The molecule has 7 amide bonds. The molecule has 39 nitrogen and oxygen atoms in total. The van der Waals surface area contributed by atoms with E-state index in [9.17, 15) is 84.3 Å². The van der Waals surface area contributed by atoms with E-state index in [-0.39, 0.29) is 181 Å². The Hall–Kier alpha value is -5.00. The third-order valence-electron chi connectivity index (χ3n) is 17.5. The van der Waals surface area contributed by atoms with Crippen LogP contribution in [0.25, 0.3) is 0 Å². The van der Waals surface area contributed by atoms with Crippen LogP contribution in [0.3, 0.4) is 0 Å². The van der Waals surface area contributed by atoms with Crippen molar-refractivity contribution in [2.24, 2.45) is 11.3 Å². The number of Topliss-reactive ketones (excluding diaryl/α,β-unsaturated/α-hetero) is 1. The van der Waals surface area contributed by atoms with Gasteiger partial charge in [0.2, 0.25) is 41.4 Å². The van der Waals surface area contributed by atoms with E-state index in [0.29, 0.717) is 38.6 Å². The average Bonchev–Trinajstić information content (AvgIpc) is 0.821. The molecule has 3 fully saturated rings. The van der Waals surface area contributed by atoms with Crippen LogP contribution in [0, 0.1) is 11.3 Å². The normalized spacial score (nSPS) is 24.7. The van der Waals surface area contributed by atoms with Crippen LogP contribution in [0.4, 0.5) is 0 Å². The molecule has 0 aliphatic carbocycles. The molecule has 16 N–H and O–H groups in total. The molecule has 3 rings (SSSR count). The lowest BCUT2D eigenvalue weighted by atomic mass is 9.89. The molecule has 3 saturated heterocycles. The third-order valence-corrected chi connectivity index (χ3v) is 17.5. The number of ether oxygens (including phenoxy) is 15. The molecular weight excluding hydrogens is 1460 g/mol. The minimum absolute atomic E-state index is 0.00188. The van der Waals surface area contributed by atoms with E-state index in [2.05, 4.69) is 58.0 Å². The van der Waals surface area contributed by atoms with Gasteiger partial charge in [0.1, 0.15) is 92.9 Å². The Labute approximate surface area is 643 Å². The van der Waals surface area contributed by atoms with Gasteiger partial charge in [-0.25, -0.2) is 0 Å². The molecule has 0 saturated carbocycles. The van der Waals surface area contributed by atoms with Crippen molar-refractivity contribution in [1.29, 1.82) is 0 Å². The first-order chi connectivity index (χ1) is 52.7. The van der Waals surface area contributed by atoms with Gasteiger partial charge >= 0.3 is 0 Å². The lowest BCUT2D eigenvalue weighted by molar-refractivity contribution is -0.272. The minimum Gasteiger partial charge on any atom is -0.394 e. The second-order valence-electron chi connectivity index (χ2n) is 27.9. The van der Waals surface area contributed by atoms with Crippen molar-refractivity contribution >= 4 is 47.1 Å². The number of amides is 7. The molecular formula is C71H129N7O32. The Morgan fingerprint density at radius 1 is 0.373 bits per heavy atom. The molecule has 0 spiro atoms. The van der Waals surface area contributed by atoms with Gasteiger partial charge in [0.25, 0.3) is 0 Å². The van der Waals surface area contributed by atoms with Gasteiger partial charge < -0.3 is 154 Å². The maximum atomic E-state index is 14.4.